The quantitative estimate of drug-likeness (QED) is 0.753. The van der Waals surface area contributed by atoms with E-state index in [1.54, 1.807) is 25.1 Å². The van der Waals surface area contributed by atoms with Crippen molar-refractivity contribution in [2.45, 2.75) is 23.0 Å². The van der Waals surface area contributed by atoms with Gasteiger partial charge in [-0.2, -0.15) is 5.26 Å². The Hall–Kier alpha value is -2.72. The van der Waals surface area contributed by atoms with Crippen molar-refractivity contribution in [3.8, 4) is 6.07 Å². The van der Waals surface area contributed by atoms with Gasteiger partial charge in [-0.25, -0.2) is 12.8 Å². The van der Waals surface area contributed by atoms with Gasteiger partial charge in [-0.15, -0.1) is 0 Å². The third-order valence-corrected chi connectivity index (χ3v) is 6.79. The van der Waals surface area contributed by atoms with E-state index in [9.17, 15) is 22.9 Å². The molecule has 3 atom stereocenters. The van der Waals surface area contributed by atoms with Gasteiger partial charge in [-0.3, -0.25) is 4.79 Å². The maximum absolute atomic E-state index is 13.7. The van der Waals surface area contributed by atoms with Gasteiger partial charge in [0, 0.05) is 5.92 Å². The van der Waals surface area contributed by atoms with Crippen molar-refractivity contribution in [3.63, 3.8) is 0 Å². The number of carbonyl (C=O) groups is 1. The molecular formula is C19H16FNO4S. The number of benzene rings is 2. The second-order valence-electron chi connectivity index (χ2n) is 6.01. The summed E-state index contributed by atoms with van der Waals surface area (Å²) in [7, 11) is -4.00. The number of sulfone groups is 1. The monoisotopic (exact) mass is 373 g/mol. The first kappa shape index (κ1) is 18.1. The van der Waals surface area contributed by atoms with Crippen LogP contribution in [0.3, 0.4) is 0 Å². The SMILES string of the molecule is CCOC(=O)[C@]1(C#N)[C@H](c2cccc(F)c2)[C@@H]1S(=O)(=O)c1ccccc1. The summed E-state index contributed by atoms with van der Waals surface area (Å²) in [6, 6.07) is 14.7. The molecule has 134 valence electrons. The average Bonchev–Trinajstić information content (AvgIpc) is 3.34. The fourth-order valence-corrected chi connectivity index (χ4v) is 5.61. The molecule has 0 aliphatic heterocycles. The molecular weight excluding hydrogens is 357 g/mol. The predicted octanol–water partition coefficient (Wildman–Crippen LogP) is 2.84. The first-order valence-electron chi connectivity index (χ1n) is 8.02. The van der Waals surface area contributed by atoms with Crippen LogP contribution < -0.4 is 0 Å². The maximum atomic E-state index is 13.7. The van der Waals surface area contributed by atoms with E-state index in [0.717, 1.165) is 6.07 Å². The molecule has 0 saturated heterocycles. The molecule has 0 heterocycles. The van der Waals surface area contributed by atoms with Crippen LogP contribution in [0.25, 0.3) is 0 Å². The minimum atomic E-state index is -4.00. The van der Waals surface area contributed by atoms with Gasteiger partial charge in [0.1, 0.15) is 11.1 Å². The fourth-order valence-electron chi connectivity index (χ4n) is 3.35. The maximum Gasteiger partial charge on any atom is 0.328 e. The highest BCUT2D eigenvalue weighted by Gasteiger charge is 2.77. The molecule has 0 spiro atoms. The van der Waals surface area contributed by atoms with Gasteiger partial charge in [0.2, 0.25) is 0 Å². The van der Waals surface area contributed by atoms with Crippen LogP contribution in [0.4, 0.5) is 4.39 Å². The highest BCUT2D eigenvalue weighted by molar-refractivity contribution is 7.92. The van der Waals surface area contributed by atoms with Crippen LogP contribution in [0.5, 0.6) is 0 Å². The van der Waals surface area contributed by atoms with Crippen LogP contribution in [0, 0.1) is 22.6 Å². The lowest BCUT2D eigenvalue weighted by atomic mass is 10.0. The number of rotatable bonds is 5. The molecule has 0 bridgehead atoms. The van der Waals surface area contributed by atoms with E-state index in [1.807, 2.05) is 6.07 Å². The van der Waals surface area contributed by atoms with Gasteiger partial charge in [-0.05, 0) is 36.8 Å². The third-order valence-electron chi connectivity index (χ3n) is 4.55. The Morgan fingerprint density at radius 2 is 1.92 bits per heavy atom. The van der Waals surface area contributed by atoms with Gasteiger partial charge in [0.15, 0.2) is 15.3 Å². The number of esters is 1. The molecule has 1 aliphatic rings. The Balaban J connectivity index is 2.15. The number of carbonyl (C=O) groups excluding carboxylic acids is 1. The summed E-state index contributed by atoms with van der Waals surface area (Å²) >= 11 is 0. The molecule has 0 radical (unpaired) electrons. The van der Waals surface area contributed by atoms with Crippen LogP contribution in [-0.2, 0) is 19.4 Å². The highest BCUT2D eigenvalue weighted by atomic mass is 32.2. The second kappa shape index (κ2) is 6.54. The van der Waals surface area contributed by atoms with Crippen molar-refractivity contribution in [2.24, 2.45) is 5.41 Å². The fraction of sp³-hybridized carbons (Fsp3) is 0.263. The lowest BCUT2D eigenvalue weighted by Gasteiger charge is -2.09. The molecule has 0 N–H and O–H groups in total. The number of ether oxygens (including phenoxy) is 1. The minimum absolute atomic E-state index is 0.00725. The summed E-state index contributed by atoms with van der Waals surface area (Å²) in [6.45, 7) is 1.58. The van der Waals surface area contributed by atoms with Gasteiger partial charge in [-0.1, -0.05) is 30.3 Å². The van der Waals surface area contributed by atoms with Crippen molar-refractivity contribution < 1.29 is 22.3 Å². The van der Waals surface area contributed by atoms with Gasteiger partial charge in [0.05, 0.1) is 17.6 Å². The molecule has 2 aromatic carbocycles. The Bertz CT molecular complexity index is 984. The van der Waals surface area contributed by atoms with Crippen molar-refractivity contribution in [1.29, 1.82) is 5.26 Å². The number of hydrogen-bond donors (Lipinski definition) is 0. The van der Waals surface area contributed by atoms with Crippen LogP contribution in [-0.4, -0.2) is 26.2 Å². The molecule has 0 amide bonds. The zero-order chi connectivity index (χ0) is 18.9. The molecule has 1 saturated carbocycles. The van der Waals surface area contributed by atoms with Crippen molar-refractivity contribution >= 4 is 15.8 Å². The van der Waals surface area contributed by atoms with E-state index in [-0.39, 0.29) is 17.1 Å². The molecule has 1 fully saturated rings. The summed E-state index contributed by atoms with van der Waals surface area (Å²) in [5, 5.41) is 8.40. The van der Waals surface area contributed by atoms with Gasteiger partial charge < -0.3 is 4.74 Å². The Kier molecular flexibility index (Phi) is 4.55. The Labute approximate surface area is 150 Å². The lowest BCUT2D eigenvalue weighted by molar-refractivity contribution is -0.147. The third kappa shape index (κ3) is 2.67. The topological polar surface area (TPSA) is 84.2 Å². The smallest absolute Gasteiger partial charge is 0.328 e. The molecule has 2 aromatic rings. The number of hydrogen-bond acceptors (Lipinski definition) is 5. The lowest BCUT2D eigenvalue weighted by Crippen LogP contribution is -2.25. The largest absolute Gasteiger partial charge is 0.465 e. The normalized spacial score (nSPS) is 24.5. The molecule has 26 heavy (non-hydrogen) atoms. The second-order valence-corrected chi connectivity index (χ2v) is 8.08. The van der Waals surface area contributed by atoms with Crippen LogP contribution in [0.15, 0.2) is 59.5 Å². The molecule has 5 nitrogen and oxygen atoms in total. The summed E-state index contributed by atoms with van der Waals surface area (Å²) in [4.78, 5) is 12.5. The van der Waals surface area contributed by atoms with Crippen LogP contribution in [0.1, 0.15) is 18.4 Å². The average molecular weight is 373 g/mol. The summed E-state index contributed by atoms with van der Waals surface area (Å²) in [5.41, 5.74) is -1.61. The van der Waals surface area contributed by atoms with Crippen molar-refractivity contribution in [1.82, 2.24) is 0 Å². The molecule has 7 heteroatoms. The van der Waals surface area contributed by atoms with E-state index in [0.29, 0.717) is 0 Å². The van der Waals surface area contributed by atoms with Crippen LogP contribution >= 0.6 is 0 Å². The molecule has 0 unspecified atom stereocenters. The Morgan fingerprint density at radius 1 is 1.23 bits per heavy atom. The highest BCUT2D eigenvalue weighted by Crippen LogP contribution is 2.64. The Morgan fingerprint density at radius 3 is 2.50 bits per heavy atom. The first-order valence-corrected chi connectivity index (χ1v) is 9.57. The molecule has 3 rings (SSSR count). The van der Waals surface area contributed by atoms with Gasteiger partial charge >= 0.3 is 5.97 Å². The standard InChI is InChI=1S/C19H16FNO4S/c1-2-25-18(22)19(12-21)16(13-7-6-8-14(20)11-13)17(19)26(23,24)15-9-4-3-5-10-15/h3-11,16-17H,2H2,1H3/t16-,17+,19-/m1/s1. The zero-order valence-corrected chi connectivity index (χ0v) is 14.7. The summed E-state index contributed by atoms with van der Waals surface area (Å²) in [5.74, 6) is -2.46. The van der Waals surface area contributed by atoms with Crippen molar-refractivity contribution in [3.05, 3.63) is 66.0 Å². The predicted molar refractivity (Wildman–Crippen MR) is 91.2 cm³/mol. The molecule has 0 aromatic heterocycles. The zero-order valence-electron chi connectivity index (χ0n) is 13.9. The number of halogens is 1. The van der Waals surface area contributed by atoms with Crippen molar-refractivity contribution in [2.75, 3.05) is 6.61 Å². The van der Waals surface area contributed by atoms with E-state index in [2.05, 4.69) is 0 Å². The first-order chi connectivity index (χ1) is 12.4. The van der Waals surface area contributed by atoms with E-state index in [4.69, 9.17) is 4.74 Å². The van der Waals surface area contributed by atoms with E-state index in [1.165, 1.54) is 30.3 Å². The summed E-state index contributed by atoms with van der Waals surface area (Å²) < 4.78 is 44.8. The number of nitrogens with zero attached hydrogens (tertiary/aromatic N) is 1. The molecule has 1 aliphatic carbocycles. The summed E-state index contributed by atoms with van der Waals surface area (Å²) in [6.07, 6.45) is 0. The number of nitriles is 1. The van der Waals surface area contributed by atoms with E-state index < -0.39 is 38.2 Å². The van der Waals surface area contributed by atoms with Gasteiger partial charge in [0.25, 0.3) is 0 Å². The minimum Gasteiger partial charge on any atom is -0.465 e. The van der Waals surface area contributed by atoms with E-state index >= 15 is 0 Å². The van der Waals surface area contributed by atoms with Crippen LogP contribution in [0.2, 0.25) is 0 Å².